The molecular weight excluding hydrogens is 170 g/mol. The highest BCUT2D eigenvalue weighted by molar-refractivity contribution is 5.37. The summed E-state index contributed by atoms with van der Waals surface area (Å²) in [5.74, 6) is 5.82. The quantitative estimate of drug-likeness (QED) is 0.614. The van der Waals surface area contributed by atoms with E-state index in [1.807, 2.05) is 38.1 Å². The van der Waals surface area contributed by atoms with Crippen molar-refractivity contribution >= 4 is 0 Å². The van der Waals surface area contributed by atoms with Gasteiger partial charge in [0.05, 0.1) is 6.07 Å². The molecule has 0 fully saturated rings. The maximum absolute atomic E-state index is 8.71. The first-order valence-corrected chi connectivity index (χ1v) is 4.74. The van der Waals surface area contributed by atoms with Gasteiger partial charge in [0.25, 0.3) is 0 Å². The minimum absolute atomic E-state index is 0.143. The SMILES string of the molecule is CC[C@H](C#N)C#Cc1cccc(C)c1. The van der Waals surface area contributed by atoms with Crippen molar-refractivity contribution in [2.45, 2.75) is 20.3 Å². The number of hydrogen-bond acceptors (Lipinski definition) is 1. The Hall–Kier alpha value is -1.73. The molecule has 1 atom stereocenters. The molecule has 0 radical (unpaired) electrons. The standard InChI is InChI=1S/C13H13N/c1-3-12(10-14)7-8-13-6-4-5-11(2)9-13/h4-6,9,12H,3H2,1-2H3/t12-/m0/s1. The predicted molar refractivity (Wildman–Crippen MR) is 57.5 cm³/mol. The molecule has 1 heteroatoms. The fourth-order valence-corrected chi connectivity index (χ4v) is 1.12. The summed E-state index contributed by atoms with van der Waals surface area (Å²) in [5.41, 5.74) is 2.18. The Bertz CT molecular complexity index is 401. The number of hydrogen-bond donors (Lipinski definition) is 0. The van der Waals surface area contributed by atoms with Crippen molar-refractivity contribution in [3.63, 3.8) is 0 Å². The van der Waals surface area contributed by atoms with Gasteiger partial charge in [-0.25, -0.2) is 0 Å². The van der Waals surface area contributed by atoms with Crippen LogP contribution >= 0.6 is 0 Å². The Balaban J connectivity index is 2.83. The first-order chi connectivity index (χ1) is 6.76. The predicted octanol–water partition coefficient (Wildman–Crippen LogP) is 2.90. The van der Waals surface area contributed by atoms with Crippen LogP contribution in [0.1, 0.15) is 24.5 Å². The molecule has 0 saturated heterocycles. The van der Waals surface area contributed by atoms with Crippen LogP contribution in [0.25, 0.3) is 0 Å². The summed E-state index contributed by atoms with van der Waals surface area (Å²) in [6.45, 7) is 4.01. The van der Waals surface area contributed by atoms with E-state index in [-0.39, 0.29) is 5.92 Å². The average Bonchev–Trinajstić information content (AvgIpc) is 2.19. The third-order valence-corrected chi connectivity index (χ3v) is 1.97. The summed E-state index contributed by atoms with van der Waals surface area (Å²) in [4.78, 5) is 0. The van der Waals surface area contributed by atoms with Gasteiger partial charge < -0.3 is 0 Å². The molecule has 14 heavy (non-hydrogen) atoms. The lowest BCUT2D eigenvalue weighted by molar-refractivity contribution is 0.814. The molecule has 0 aliphatic carbocycles. The second kappa shape index (κ2) is 5.10. The zero-order valence-electron chi connectivity index (χ0n) is 8.54. The molecule has 0 heterocycles. The van der Waals surface area contributed by atoms with Gasteiger partial charge in [-0.1, -0.05) is 30.9 Å². The van der Waals surface area contributed by atoms with Crippen molar-refractivity contribution in [3.05, 3.63) is 35.4 Å². The van der Waals surface area contributed by atoms with Gasteiger partial charge in [0, 0.05) is 5.56 Å². The molecule has 0 unspecified atom stereocenters. The van der Waals surface area contributed by atoms with Gasteiger partial charge in [-0.3, -0.25) is 0 Å². The molecule has 0 amide bonds. The van der Waals surface area contributed by atoms with Crippen LogP contribution in [0.3, 0.4) is 0 Å². The van der Waals surface area contributed by atoms with E-state index in [1.165, 1.54) is 5.56 Å². The van der Waals surface area contributed by atoms with Gasteiger partial charge in [-0.05, 0) is 31.0 Å². The van der Waals surface area contributed by atoms with Crippen LogP contribution in [-0.4, -0.2) is 0 Å². The van der Waals surface area contributed by atoms with Gasteiger partial charge in [0.2, 0.25) is 0 Å². The largest absolute Gasteiger partial charge is 0.197 e. The molecule has 0 aliphatic heterocycles. The molecular formula is C13H13N. The molecule has 70 valence electrons. The Morgan fingerprint density at radius 3 is 2.79 bits per heavy atom. The summed E-state index contributed by atoms with van der Waals surface area (Å²) < 4.78 is 0. The van der Waals surface area contributed by atoms with Crippen LogP contribution in [0.4, 0.5) is 0 Å². The number of aryl methyl sites for hydroxylation is 1. The van der Waals surface area contributed by atoms with Crippen molar-refractivity contribution in [3.8, 4) is 17.9 Å². The smallest absolute Gasteiger partial charge is 0.107 e. The number of rotatable bonds is 1. The molecule has 1 aromatic carbocycles. The number of nitriles is 1. The molecule has 0 bridgehead atoms. The van der Waals surface area contributed by atoms with Gasteiger partial charge in [-0.15, -0.1) is 0 Å². The van der Waals surface area contributed by atoms with Crippen LogP contribution in [0.5, 0.6) is 0 Å². The fourth-order valence-electron chi connectivity index (χ4n) is 1.12. The van der Waals surface area contributed by atoms with E-state index in [0.29, 0.717) is 0 Å². The lowest BCUT2D eigenvalue weighted by Gasteiger charge is -1.94. The number of benzene rings is 1. The lowest BCUT2D eigenvalue weighted by atomic mass is 10.1. The molecule has 0 N–H and O–H groups in total. The lowest BCUT2D eigenvalue weighted by Crippen LogP contribution is -1.88. The summed E-state index contributed by atoms with van der Waals surface area (Å²) in [6.07, 6.45) is 0.787. The molecule has 1 rings (SSSR count). The summed E-state index contributed by atoms with van der Waals surface area (Å²) >= 11 is 0. The monoisotopic (exact) mass is 183 g/mol. The zero-order valence-corrected chi connectivity index (χ0v) is 8.54. The van der Waals surface area contributed by atoms with Crippen LogP contribution < -0.4 is 0 Å². The van der Waals surface area contributed by atoms with Crippen molar-refractivity contribution in [2.24, 2.45) is 5.92 Å². The van der Waals surface area contributed by atoms with Crippen molar-refractivity contribution in [1.82, 2.24) is 0 Å². The second-order valence-corrected chi connectivity index (χ2v) is 3.23. The van der Waals surface area contributed by atoms with Gasteiger partial charge in [0.15, 0.2) is 0 Å². The first kappa shape index (κ1) is 10.4. The molecule has 0 aromatic heterocycles. The van der Waals surface area contributed by atoms with Crippen molar-refractivity contribution in [1.29, 1.82) is 5.26 Å². The van der Waals surface area contributed by atoms with Crippen molar-refractivity contribution < 1.29 is 0 Å². The first-order valence-electron chi connectivity index (χ1n) is 4.74. The van der Waals surface area contributed by atoms with Gasteiger partial charge in [0.1, 0.15) is 5.92 Å². The van der Waals surface area contributed by atoms with Gasteiger partial charge in [-0.2, -0.15) is 5.26 Å². The second-order valence-electron chi connectivity index (χ2n) is 3.23. The molecule has 1 nitrogen and oxygen atoms in total. The normalized spacial score (nSPS) is 10.9. The van der Waals surface area contributed by atoms with E-state index in [2.05, 4.69) is 17.9 Å². The van der Waals surface area contributed by atoms with E-state index in [0.717, 1.165) is 12.0 Å². The van der Waals surface area contributed by atoms with Crippen LogP contribution in [0, 0.1) is 36.0 Å². The maximum Gasteiger partial charge on any atom is 0.107 e. The van der Waals surface area contributed by atoms with E-state index >= 15 is 0 Å². The van der Waals surface area contributed by atoms with Crippen LogP contribution in [-0.2, 0) is 0 Å². The summed E-state index contributed by atoms with van der Waals surface area (Å²) in [7, 11) is 0. The zero-order chi connectivity index (χ0) is 10.4. The van der Waals surface area contributed by atoms with Crippen molar-refractivity contribution in [2.75, 3.05) is 0 Å². The van der Waals surface area contributed by atoms with E-state index < -0.39 is 0 Å². The third-order valence-electron chi connectivity index (χ3n) is 1.97. The topological polar surface area (TPSA) is 23.8 Å². The summed E-state index contributed by atoms with van der Waals surface area (Å²) in [6, 6.07) is 10.2. The van der Waals surface area contributed by atoms with Gasteiger partial charge >= 0.3 is 0 Å². The fraction of sp³-hybridized carbons (Fsp3) is 0.308. The molecule has 1 aromatic rings. The highest BCUT2D eigenvalue weighted by atomic mass is 14.2. The number of nitrogens with zero attached hydrogens (tertiary/aromatic N) is 1. The minimum Gasteiger partial charge on any atom is -0.197 e. The Labute approximate surface area is 85.4 Å². The maximum atomic E-state index is 8.71. The van der Waals surface area contributed by atoms with Crippen LogP contribution in [0.15, 0.2) is 24.3 Å². The Morgan fingerprint density at radius 2 is 2.21 bits per heavy atom. The van der Waals surface area contributed by atoms with E-state index in [1.54, 1.807) is 0 Å². The highest BCUT2D eigenvalue weighted by Gasteiger charge is 1.96. The minimum atomic E-state index is -0.143. The molecule has 0 aliphatic rings. The summed E-state index contributed by atoms with van der Waals surface area (Å²) in [5, 5.41) is 8.71. The Morgan fingerprint density at radius 1 is 1.43 bits per heavy atom. The molecule has 0 saturated carbocycles. The van der Waals surface area contributed by atoms with Crippen LogP contribution in [0.2, 0.25) is 0 Å². The Kier molecular flexibility index (Phi) is 3.77. The van der Waals surface area contributed by atoms with E-state index in [9.17, 15) is 0 Å². The third kappa shape index (κ3) is 2.96. The highest BCUT2D eigenvalue weighted by Crippen LogP contribution is 2.03. The molecule has 0 spiro atoms. The average molecular weight is 183 g/mol. The van der Waals surface area contributed by atoms with E-state index in [4.69, 9.17) is 5.26 Å².